The second kappa shape index (κ2) is 6.89. The van der Waals surface area contributed by atoms with Crippen molar-refractivity contribution in [2.45, 2.75) is 26.8 Å². The van der Waals surface area contributed by atoms with Gasteiger partial charge < -0.3 is 10.2 Å². The third-order valence-corrected chi connectivity index (χ3v) is 3.55. The molecule has 1 aromatic heterocycles. The Morgan fingerprint density at radius 3 is 2.78 bits per heavy atom. The minimum atomic E-state index is -0.0983. The van der Waals surface area contributed by atoms with Gasteiger partial charge in [-0.2, -0.15) is 5.10 Å². The van der Waals surface area contributed by atoms with Crippen LogP contribution in [0.4, 0.5) is 5.69 Å². The first-order valence-electron chi connectivity index (χ1n) is 6.17. The highest BCUT2D eigenvalue weighted by molar-refractivity contribution is 9.10. The predicted octanol–water partition coefficient (Wildman–Crippen LogP) is 1.95. The predicted molar refractivity (Wildman–Crippen MR) is 78.2 cm³/mol. The standard InChI is InChI=1S/C12H21BrN4O/c1-5-16(4)7-6-14-10-8-15-17(9(2)3)12(18)11(10)13/h8-9,14H,5-7H2,1-4H3. The summed E-state index contributed by atoms with van der Waals surface area (Å²) in [5.74, 6) is 0. The van der Waals surface area contributed by atoms with Crippen molar-refractivity contribution in [3.63, 3.8) is 0 Å². The molecule has 1 N–H and O–H groups in total. The molecule has 0 aliphatic heterocycles. The van der Waals surface area contributed by atoms with Crippen molar-refractivity contribution >= 4 is 21.6 Å². The first-order chi connectivity index (χ1) is 8.47. The van der Waals surface area contributed by atoms with Crippen LogP contribution in [0.1, 0.15) is 26.8 Å². The Balaban J connectivity index is 2.74. The van der Waals surface area contributed by atoms with Gasteiger partial charge in [0.25, 0.3) is 5.56 Å². The molecule has 1 rings (SSSR count). The van der Waals surface area contributed by atoms with E-state index in [1.165, 1.54) is 4.68 Å². The number of aromatic nitrogens is 2. The van der Waals surface area contributed by atoms with Gasteiger partial charge in [0, 0.05) is 13.1 Å². The number of likely N-dealkylation sites (N-methyl/N-ethyl adjacent to an activating group) is 1. The maximum atomic E-state index is 12.0. The molecule has 0 saturated carbocycles. The average Bonchev–Trinajstić information content (AvgIpc) is 2.33. The number of halogens is 1. The minimum absolute atomic E-state index is 0.0640. The lowest BCUT2D eigenvalue weighted by molar-refractivity contribution is 0.367. The van der Waals surface area contributed by atoms with E-state index in [0.717, 1.165) is 25.3 Å². The van der Waals surface area contributed by atoms with E-state index in [2.05, 4.69) is 45.2 Å². The molecular formula is C12H21BrN4O. The summed E-state index contributed by atoms with van der Waals surface area (Å²) >= 11 is 3.33. The van der Waals surface area contributed by atoms with Gasteiger partial charge in [0.2, 0.25) is 0 Å². The van der Waals surface area contributed by atoms with E-state index < -0.39 is 0 Å². The highest BCUT2D eigenvalue weighted by atomic mass is 79.9. The molecule has 6 heteroatoms. The zero-order valence-corrected chi connectivity index (χ0v) is 13.0. The number of hydrogen-bond donors (Lipinski definition) is 1. The second-order valence-corrected chi connectivity index (χ2v) is 5.33. The SMILES string of the molecule is CCN(C)CCNc1cnn(C(C)C)c(=O)c1Br. The van der Waals surface area contributed by atoms with Gasteiger partial charge in [-0.3, -0.25) is 4.79 Å². The molecule has 0 aliphatic carbocycles. The van der Waals surface area contributed by atoms with Crippen LogP contribution in [0.5, 0.6) is 0 Å². The topological polar surface area (TPSA) is 50.2 Å². The normalized spacial score (nSPS) is 11.3. The maximum absolute atomic E-state index is 12.0. The Hall–Kier alpha value is -0.880. The van der Waals surface area contributed by atoms with Gasteiger partial charge in [-0.25, -0.2) is 4.68 Å². The Morgan fingerprint density at radius 2 is 2.22 bits per heavy atom. The molecular weight excluding hydrogens is 296 g/mol. The van der Waals surface area contributed by atoms with E-state index >= 15 is 0 Å². The van der Waals surface area contributed by atoms with Gasteiger partial charge in [0.15, 0.2) is 0 Å². The second-order valence-electron chi connectivity index (χ2n) is 4.54. The Labute approximate surface area is 116 Å². The molecule has 0 aromatic carbocycles. The van der Waals surface area contributed by atoms with Crippen LogP contribution in [-0.4, -0.2) is 41.4 Å². The highest BCUT2D eigenvalue weighted by Crippen LogP contribution is 2.16. The maximum Gasteiger partial charge on any atom is 0.283 e. The summed E-state index contributed by atoms with van der Waals surface area (Å²) in [5.41, 5.74) is 0.653. The van der Waals surface area contributed by atoms with Crippen LogP contribution >= 0.6 is 15.9 Å². The first kappa shape index (κ1) is 15.2. The van der Waals surface area contributed by atoms with Crippen molar-refractivity contribution in [2.75, 3.05) is 32.0 Å². The lowest BCUT2D eigenvalue weighted by atomic mass is 10.4. The van der Waals surface area contributed by atoms with E-state index in [9.17, 15) is 4.79 Å². The number of anilines is 1. The quantitative estimate of drug-likeness (QED) is 0.871. The molecule has 0 saturated heterocycles. The van der Waals surface area contributed by atoms with Gasteiger partial charge >= 0.3 is 0 Å². The van der Waals surface area contributed by atoms with Crippen LogP contribution in [0.25, 0.3) is 0 Å². The summed E-state index contributed by atoms with van der Waals surface area (Å²) in [5, 5.41) is 7.38. The highest BCUT2D eigenvalue weighted by Gasteiger charge is 2.10. The third-order valence-electron chi connectivity index (χ3n) is 2.78. The molecule has 0 unspecified atom stereocenters. The molecule has 0 radical (unpaired) electrons. The molecule has 0 aliphatic rings. The Morgan fingerprint density at radius 1 is 1.56 bits per heavy atom. The van der Waals surface area contributed by atoms with Gasteiger partial charge in [-0.15, -0.1) is 0 Å². The van der Waals surface area contributed by atoms with Crippen LogP contribution in [0.3, 0.4) is 0 Å². The molecule has 102 valence electrons. The zero-order chi connectivity index (χ0) is 13.7. The largest absolute Gasteiger partial charge is 0.381 e. The summed E-state index contributed by atoms with van der Waals surface area (Å²) in [7, 11) is 2.06. The number of nitrogens with one attached hydrogen (secondary N) is 1. The molecule has 0 spiro atoms. The lowest BCUT2D eigenvalue weighted by Crippen LogP contribution is -2.28. The van der Waals surface area contributed by atoms with Gasteiger partial charge in [-0.1, -0.05) is 6.92 Å². The molecule has 0 fully saturated rings. The van der Waals surface area contributed by atoms with Crippen molar-refractivity contribution in [2.24, 2.45) is 0 Å². The average molecular weight is 317 g/mol. The van der Waals surface area contributed by atoms with Crippen LogP contribution < -0.4 is 10.9 Å². The fourth-order valence-electron chi connectivity index (χ4n) is 1.48. The van der Waals surface area contributed by atoms with Crippen molar-refractivity contribution in [1.29, 1.82) is 0 Å². The van der Waals surface area contributed by atoms with Crippen molar-refractivity contribution in [3.05, 3.63) is 21.0 Å². The van der Waals surface area contributed by atoms with Crippen LogP contribution in [0.2, 0.25) is 0 Å². The summed E-state index contributed by atoms with van der Waals surface area (Å²) in [4.78, 5) is 14.2. The summed E-state index contributed by atoms with van der Waals surface area (Å²) < 4.78 is 2.01. The molecule has 0 bridgehead atoms. The minimum Gasteiger partial charge on any atom is -0.381 e. The van der Waals surface area contributed by atoms with E-state index in [1.54, 1.807) is 6.20 Å². The number of hydrogen-bond acceptors (Lipinski definition) is 4. The molecule has 1 aromatic rings. The smallest absolute Gasteiger partial charge is 0.283 e. The van der Waals surface area contributed by atoms with E-state index in [1.807, 2.05) is 13.8 Å². The molecule has 1 heterocycles. The van der Waals surface area contributed by atoms with Crippen LogP contribution in [0.15, 0.2) is 15.5 Å². The van der Waals surface area contributed by atoms with Crippen molar-refractivity contribution < 1.29 is 0 Å². The van der Waals surface area contributed by atoms with Crippen molar-refractivity contribution in [3.8, 4) is 0 Å². The fraction of sp³-hybridized carbons (Fsp3) is 0.667. The number of rotatable bonds is 6. The summed E-state index contributed by atoms with van der Waals surface area (Å²) in [6, 6.07) is 0.0640. The molecule has 18 heavy (non-hydrogen) atoms. The van der Waals surface area contributed by atoms with Crippen LogP contribution in [-0.2, 0) is 0 Å². The first-order valence-corrected chi connectivity index (χ1v) is 6.96. The van der Waals surface area contributed by atoms with Gasteiger partial charge in [0.05, 0.1) is 17.9 Å². The Kier molecular flexibility index (Phi) is 5.81. The summed E-state index contributed by atoms with van der Waals surface area (Å²) in [6.07, 6.45) is 1.69. The molecule has 0 amide bonds. The summed E-state index contributed by atoms with van der Waals surface area (Å²) in [6.45, 7) is 8.71. The Bertz CT molecular complexity index is 444. The zero-order valence-electron chi connectivity index (χ0n) is 11.4. The third kappa shape index (κ3) is 3.81. The molecule has 5 nitrogen and oxygen atoms in total. The monoisotopic (exact) mass is 316 g/mol. The number of nitrogens with zero attached hydrogens (tertiary/aromatic N) is 3. The molecule has 0 atom stereocenters. The fourth-order valence-corrected chi connectivity index (χ4v) is 1.90. The van der Waals surface area contributed by atoms with E-state index in [4.69, 9.17) is 0 Å². The lowest BCUT2D eigenvalue weighted by Gasteiger charge is -2.16. The van der Waals surface area contributed by atoms with Gasteiger partial charge in [0.1, 0.15) is 4.47 Å². The van der Waals surface area contributed by atoms with Gasteiger partial charge in [-0.05, 0) is 43.4 Å². The van der Waals surface area contributed by atoms with E-state index in [0.29, 0.717) is 4.47 Å². The van der Waals surface area contributed by atoms with Crippen LogP contribution in [0, 0.1) is 0 Å². The van der Waals surface area contributed by atoms with E-state index in [-0.39, 0.29) is 11.6 Å². The van der Waals surface area contributed by atoms with Crippen molar-refractivity contribution in [1.82, 2.24) is 14.7 Å².